The second-order valence-electron chi connectivity index (χ2n) is 5.21. The van der Waals surface area contributed by atoms with Gasteiger partial charge in [0.15, 0.2) is 5.78 Å². The molecule has 0 radical (unpaired) electrons. The van der Waals surface area contributed by atoms with Crippen LogP contribution in [0.15, 0.2) is 18.2 Å². The van der Waals surface area contributed by atoms with Crippen molar-refractivity contribution in [3.05, 3.63) is 29.3 Å². The molecule has 4 nitrogen and oxygen atoms in total. The van der Waals surface area contributed by atoms with Crippen LogP contribution in [0.1, 0.15) is 36.8 Å². The first-order valence-corrected chi connectivity index (χ1v) is 6.80. The van der Waals surface area contributed by atoms with Gasteiger partial charge in [-0.05, 0) is 43.9 Å². The molecule has 1 aliphatic rings. The smallest absolute Gasteiger partial charge is 0.183 e. The van der Waals surface area contributed by atoms with Gasteiger partial charge in [0.25, 0.3) is 0 Å². The minimum absolute atomic E-state index is 0.0934. The van der Waals surface area contributed by atoms with Gasteiger partial charge in [0.05, 0.1) is 19.3 Å². The second kappa shape index (κ2) is 6.06. The summed E-state index contributed by atoms with van der Waals surface area (Å²) in [5.41, 5.74) is 1.65. The lowest BCUT2D eigenvalue weighted by atomic mass is 9.91. The molecule has 0 amide bonds. The fraction of sp³-hybridized carbons (Fsp3) is 0.500. The first-order chi connectivity index (χ1) is 9.56. The predicted molar refractivity (Wildman–Crippen MR) is 74.7 cm³/mol. The number of methoxy groups -OCH3 is 1. The molecule has 0 saturated carbocycles. The summed E-state index contributed by atoms with van der Waals surface area (Å²) >= 11 is 0. The fourth-order valence-electron chi connectivity index (χ4n) is 2.52. The summed E-state index contributed by atoms with van der Waals surface area (Å²) in [6.07, 6.45) is 1.20. The van der Waals surface area contributed by atoms with Crippen LogP contribution in [0.5, 0.6) is 5.75 Å². The molecular formula is C16H19NO3. The van der Waals surface area contributed by atoms with Crippen LogP contribution in [-0.4, -0.2) is 25.1 Å². The molecule has 4 heteroatoms. The number of nitrogens with zero attached hydrogens (tertiary/aromatic N) is 1. The van der Waals surface area contributed by atoms with E-state index in [0.717, 1.165) is 12.0 Å². The molecule has 1 fully saturated rings. The van der Waals surface area contributed by atoms with Gasteiger partial charge in [-0.2, -0.15) is 5.26 Å². The quantitative estimate of drug-likeness (QED) is 0.846. The summed E-state index contributed by atoms with van der Waals surface area (Å²) in [5.74, 6) is -0.251. The molecule has 3 unspecified atom stereocenters. The molecular weight excluding hydrogens is 254 g/mol. The summed E-state index contributed by atoms with van der Waals surface area (Å²) in [4.78, 5) is 12.4. The van der Waals surface area contributed by atoms with Crippen molar-refractivity contribution in [1.29, 1.82) is 5.26 Å². The third kappa shape index (κ3) is 2.83. The van der Waals surface area contributed by atoms with E-state index in [1.54, 1.807) is 13.2 Å². The van der Waals surface area contributed by atoms with Gasteiger partial charge in [0, 0.05) is 0 Å². The van der Waals surface area contributed by atoms with E-state index in [1.807, 2.05) is 26.0 Å². The number of carbonyl (C=O) groups excluding carboxylic acids is 1. The van der Waals surface area contributed by atoms with Crippen molar-refractivity contribution >= 4 is 5.78 Å². The summed E-state index contributed by atoms with van der Waals surface area (Å²) in [7, 11) is 1.58. The average Bonchev–Trinajstić information content (AvgIpc) is 2.88. The first kappa shape index (κ1) is 14.5. The van der Waals surface area contributed by atoms with Gasteiger partial charge in [0.1, 0.15) is 17.8 Å². The number of benzene rings is 1. The van der Waals surface area contributed by atoms with Crippen LogP contribution in [0.2, 0.25) is 0 Å². The Balaban J connectivity index is 2.24. The SMILES string of the molecule is COc1cc(C(C#N)C(=O)C2CCC(C)O2)ccc1C. The lowest BCUT2D eigenvalue weighted by molar-refractivity contribution is -0.129. The second-order valence-corrected chi connectivity index (χ2v) is 5.21. The normalized spacial score (nSPS) is 23.1. The Hall–Kier alpha value is -1.86. The highest BCUT2D eigenvalue weighted by atomic mass is 16.5. The minimum Gasteiger partial charge on any atom is -0.496 e. The molecule has 0 bridgehead atoms. The summed E-state index contributed by atoms with van der Waals surface area (Å²) in [6, 6.07) is 7.53. The number of hydrogen-bond acceptors (Lipinski definition) is 4. The lowest BCUT2D eigenvalue weighted by Gasteiger charge is -2.15. The van der Waals surface area contributed by atoms with Crippen molar-refractivity contribution < 1.29 is 14.3 Å². The standard InChI is InChI=1S/C16H19NO3/c1-10-4-6-12(8-15(10)19-3)13(9-17)16(18)14-7-5-11(2)20-14/h4,6,8,11,13-14H,5,7H2,1-3H3. The Morgan fingerprint density at radius 3 is 2.80 bits per heavy atom. The number of nitriles is 1. The largest absolute Gasteiger partial charge is 0.496 e. The van der Waals surface area contributed by atoms with Crippen LogP contribution in [0, 0.1) is 18.3 Å². The van der Waals surface area contributed by atoms with Crippen LogP contribution < -0.4 is 4.74 Å². The zero-order chi connectivity index (χ0) is 14.7. The molecule has 0 aromatic heterocycles. The third-order valence-electron chi connectivity index (χ3n) is 3.73. The Kier molecular flexibility index (Phi) is 4.41. The Labute approximate surface area is 119 Å². The molecule has 1 aromatic carbocycles. The molecule has 20 heavy (non-hydrogen) atoms. The molecule has 0 spiro atoms. The van der Waals surface area contributed by atoms with E-state index < -0.39 is 12.0 Å². The van der Waals surface area contributed by atoms with E-state index >= 15 is 0 Å². The number of aryl methyl sites for hydroxylation is 1. The van der Waals surface area contributed by atoms with Crippen molar-refractivity contribution in [2.24, 2.45) is 0 Å². The number of Topliss-reactive ketones (excluding diaryl/α,β-unsaturated/α-hetero) is 1. The molecule has 0 N–H and O–H groups in total. The average molecular weight is 273 g/mol. The van der Waals surface area contributed by atoms with Crippen molar-refractivity contribution in [3.63, 3.8) is 0 Å². The molecule has 2 rings (SSSR count). The highest BCUT2D eigenvalue weighted by molar-refractivity contribution is 5.92. The van der Waals surface area contributed by atoms with Crippen LogP contribution >= 0.6 is 0 Å². The number of rotatable bonds is 4. The van der Waals surface area contributed by atoms with Crippen molar-refractivity contribution in [2.75, 3.05) is 7.11 Å². The van der Waals surface area contributed by atoms with Gasteiger partial charge in [-0.15, -0.1) is 0 Å². The molecule has 3 atom stereocenters. The maximum Gasteiger partial charge on any atom is 0.183 e. The molecule has 0 aliphatic carbocycles. The van der Waals surface area contributed by atoms with Gasteiger partial charge >= 0.3 is 0 Å². The monoisotopic (exact) mass is 273 g/mol. The van der Waals surface area contributed by atoms with Gasteiger partial charge < -0.3 is 9.47 Å². The van der Waals surface area contributed by atoms with Crippen LogP contribution in [0.3, 0.4) is 0 Å². The number of carbonyl (C=O) groups is 1. The first-order valence-electron chi connectivity index (χ1n) is 6.80. The zero-order valence-electron chi connectivity index (χ0n) is 12.1. The van der Waals surface area contributed by atoms with Gasteiger partial charge in [-0.25, -0.2) is 0 Å². The third-order valence-corrected chi connectivity index (χ3v) is 3.73. The minimum atomic E-state index is -0.792. The maximum absolute atomic E-state index is 12.4. The molecule has 106 valence electrons. The fourth-order valence-corrected chi connectivity index (χ4v) is 2.52. The Morgan fingerprint density at radius 2 is 2.25 bits per heavy atom. The van der Waals surface area contributed by atoms with Crippen LogP contribution in [0.25, 0.3) is 0 Å². The Bertz CT molecular complexity index is 547. The highest BCUT2D eigenvalue weighted by Crippen LogP contribution is 2.29. The predicted octanol–water partition coefficient (Wildman–Crippen LogP) is 2.75. The number of hydrogen-bond donors (Lipinski definition) is 0. The van der Waals surface area contributed by atoms with Crippen molar-refractivity contribution in [3.8, 4) is 11.8 Å². The lowest BCUT2D eigenvalue weighted by Crippen LogP contribution is -2.26. The van der Waals surface area contributed by atoms with E-state index in [1.165, 1.54) is 0 Å². The van der Waals surface area contributed by atoms with E-state index in [-0.39, 0.29) is 11.9 Å². The van der Waals surface area contributed by atoms with Crippen LogP contribution in [0.4, 0.5) is 0 Å². The zero-order valence-corrected chi connectivity index (χ0v) is 12.1. The van der Waals surface area contributed by atoms with Crippen LogP contribution in [-0.2, 0) is 9.53 Å². The summed E-state index contributed by atoms with van der Waals surface area (Å²) in [6.45, 7) is 3.87. The van der Waals surface area contributed by atoms with E-state index in [0.29, 0.717) is 17.7 Å². The van der Waals surface area contributed by atoms with Gasteiger partial charge in [-0.1, -0.05) is 12.1 Å². The van der Waals surface area contributed by atoms with Crippen molar-refractivity contribution in [1.82, 2.24) is 0 Å². The summed E-state index contributed by atoms with van der Waals surface area (Å²) < 4.78 is 10.8. The number of ketones is 1. The maximum atomic E-state index is 12.4. The highest BCUT2D eigenvalue weighted by Gasteiger charge is 2.34. The van der Waals surface area contributed by atoms with E-state index in [2.05, 4.69) is 6.07 Å². The summed E-state index contributed by atoms with van der Waals surface area (Å²) in [5, 5.41) is 9.34. The molecule has 1 aliphatic heterocycles. The van der Waals surface area contributed by atoms with Crippen molar-refractivity contribution in [2.45, 2.75) is 44.8 Å². The molecule has 1 heterocycles. The van der Waals surface area contributed by atoms with Gasteiger partial charge in [0.2, 0.25) is 0 Å². The Morgan fingerprint density at radius 1 is 1.50 bits per heavy atom. The van der Waals surface area contributed by atoms with E-state index in [4.69, 9.17) is 9.47 Å². The van der Waals surface area contributed by atoms with E-state index in [9.17, 15) is 10.1 Å². The topological polar surface area (TPSA) is 59.3 Å². The molecule has 1 saturated heterocycles. The van der Waals surface area contributed by atoms with Gasteiger partial charge in [-0.3, -0.25) is 4.79 Å². The number of ether oxygens (including phenoxy) is 2. The molecule has 1 aromatic rings.